The van der Waals surface area contributed by atoms with E-state index in [0.29, 0.717) is 22.7 Å². The highest BCUT2D eigenvalue weighted by Crippen LogP contribution is 2.14. The molecular weight excluding hydrogens is 208 g/mol. The number of anilines is 1. The Morgan fingerprint density at radius 2 is 2.19 bits per heavy atom. The van der Waals surface area contributed by atoms with Crippen LogP contribution in [0.3, 0.4) is 0 Å². The van der Waals surface area contributed by atoms with Gasteiger partial charge in [0.2, 0.25) is 0 Å². The molecule has 1 amide bonds. The molecule has 2 heterocycles. The summed E-state index contributed by atoms with van der Waals surface area (Å²) in [4.78, 5) is 11.9. The molecule has 0 unspecified atom stereocenters. The molecule has 16 heavy (non-hydrogen) atoms. The molecule has 6 heteroatoms. The second-order valence-corrected chi connectivity index (χ2v) is 3.28. The Morgan fingerprint density at radius 1 is 1.38 bits per heavy atom. The summed E-state index contributed by atoms with van der Waals surface area (Å²) in [5.74, 6) is 0.237. The van der Waals surface area contributed by atoms with E-state index in [-0.39, 0.29) is 5.91 Å². The van der Waals surface area contributed by atoms with Crippen LogP contribution in [0, 0.1) is 13.8 Å². The van der Waals surface area contributed by atoms with Crippen LogP contribution in [-0.2, 0) is 0 Å². The highest BCUT2D eigenvalue weighted by Gasteiger charge is 2.17. The summed E-state index contributed by atoms with van der Waals surface area (Å²) in [6.45, 7) is 3.41. The second-order valence-electron chi connectivity index (χ2n) is 3.28. The van der Waals surface area contributed by atoms with Crippen LogP contribution in [-0.4, -0.2) is 21.3 Å². The molecule has 1 N–H and O–H groups in total. The smallest absolute Gasteiger partial charge is 0.261 e. The third kappa shape index (κ3) is 1.90. The van der Waals surface area contributed by atoms with Gasteiger partial charge < -0.3 is 9.84 Å². The van der Waals surface area contributed by atoms with Crippen molar-refractivity contribution in [1.82, 2.24) is 15.4 Å². The van der Waals surface area contributed by atoms with Crippen molar-refractivity contribution in [1.29, 1.82) is 0 Å². The Hall–Kier alpha value is -2.24. The number of nitrogens with one attached hydrogen (secondary N) is 1. The molecule has 0 spiro atoms. The average molecular weight is 218 g/mol. The van der Waals surface area contributed by atoms with Crippen LogP contribution in [0.2, 0.25) is 0 Å². The van der Waals surface area contributed by atoms with E-state index in [1.54, 1.807) is 19.9 Å². The molecule has 0 aliphatic carbocycles. The topological polar surface area (TPSA) is 80.9 Å². The maximum Gasteiger partial charge on any atom is 0.261 e. The van der Waals surface area contributed by atoms with Crippen LogP contribution in [0.15, 0.2) is 23.0 Å². The summed E-state index contributed by atoms with van der Waals surface area (Å²) < 4.78 is 4.92. The fourth-order valence-corrected chi connectivity index (χ4v) is 1.37. The molecule has 6 nitrogen and oxygen atoms in total. The zero-order valence-corrected chi connectivity index (χ0v) is 8.89. The Morgan fingerprint density at radius 3 is 2.75 bits per heavy atom. The third-order valence-electron chi connectivity index (χ3n) is 2.10. The maximum absolute atomic E-state index is 11.9. The average Bonchev–Trinajstić information content (AvgIpc) is 2.60. The van der Waals surface area contributed by atoms with Crippen molar-refractivity contribution in [2.45, 2.75) is 13.8 Å². The highest BCUT2D eigenvalue weighted by atomic mass is 16.5. The van der Waals surface area contributed by atoms with E-state index in [1.165, 1.54) is 12.4 Å². The van der Waals surface area contributed by atoms with Crippen molar-refractivity contribution < 1.29 is 9.32 Å². The minimum absolute atomic E-state index is 0.260. The SMILES string of the molecule is Cc1noc(C)c1C(=O)Nc1ccnnc1. The van der Waals surface area contributed by atoms with Gasteiger partial charge in [0.15, 0.2) is 0 Å². The second kappa shape index (κ2) is 4.09. The van der Waals surface area contributed by atoms with E-state index < -0.39 is 0 Å². The summed E-state index contributed by atoms with van der Waals surface area (Å²) in [7, 11) is 0. The molecule has 0 bridgehead atoms. The van der Waals surface area contributed by atoms with Gasteiger partial charge in [0.1, 0.15) is 11.3 Å². The lowest BCUT2D eigenvalue weighted by atomic mass is 10.2. The molecule has 0 fully saturated rings. The number of carbonyl (C=O) groups excluding carboxylic acids is 1. The molecule has 2 rings (SSSR count). The number of nitrogens with zero attached hydrogens (tertiary/aromatic N) is 3. The van der Waals surface area contributed by atoms with E-state index in [0.717, 1.165) is 0 Å². The normalized spacial score (nSPS) is 10.1. The zero-order chi connectivity index (χ0) is 11.5. The maximum atomic E-state index is 11.9. The number of aryl methyl sites for hydroxylation is 2. The van der Waals surface area contributed by atoms with Gasteiger partial charge in [-0.25, -0.2) is 0 Å². The number of amides is 1. The van der Waals surface area contributed by atoms with Crippen molar-refractivity contribution in [2.75, 3.05) is 5.32 Å². The van der Waals surface area contributed by atoms with Gasteiger partial charge in [0, 0.05) is 0 Å². The van der Waals surface area contributed by atoms with Crippen LogP contribution in [0.4, 0.5) is 5.69 Å². The molecule has 0 saturated heterocycles. The largest absolute Gasteiger partial charge is 0.361 e. The first-order chi connectivity index (χ1) is 7.68. The van der Waals surface area contributed by atoms with Crippen molar-refractivity contribution >= 4 is 11.6 Å². The summed E-state index contributed by atoms with van der Waals surface area (Å²) in [5.41, 5.74) is 1.61. The van der Waals surface area contributed by atoms with Gasteiger partial charge in [-0.15, -0.1) is 0 Å². The zero-order valence-electron chi connectivity index (χ0n) is 8.89. The van der Waals surface area contributed by atoms with Crippen LogP contribution in [0.25, 0.3) is 0 Å². The minimum atomic E-state index is -0.260. The summed E-state index contributed by atoms with van der Waals surface area (Å²) >= 11 is 0. The van der Waals surface area contributed by atoms with Crippen LogP contribution in [0.1, 0.15) is 21.8 Å². The van der Waals surface area contributed by atoms with Gasteiger partial charge in [-0.3, -0.25) is 4.79 Å². The molecule has 82 valence electrons. The van der Waals surface area contributed by atoms with E-state index in [9.17, 15) is 4.79 Å². The van der Waals surface area contributed by atoms with E-state index in [2.05, 4.69) is 20.7 Å². The Labute approximate surface area is 91.7 Å². The number of aromatic nitrogens is 3. The van der Waals surface area contributed by atoms with Gasteiger partial charge in [0.25, 0.3) is 5.91 Å². The van der Waals surface area contributed by atoms with Gasteiger partial charge in [-0.1, -0.05) is 5.16 Å². The lowest BCUT2D eigenvalue weighted by Gasteiger charge is -2.02. The minimum Gasteiger partial charge on any atom is -0.361 e. The molecule has 0 atom stereocenters. The van der Waals surface area contributed by atoms with Gasteiger partial charge in [-0.2, -0.15) is 10.2 Å². The quantitative estimate of drug-likeness (QED) is 0.822. The lowest BCUT2D eigenvalue weighted by Crippen LogP contribution is -2.13. The molecule has 0 aromatic carbocycles. The van der Waals surface area contributed by atoms with Crippen molar-refractivity contribution in [3.05, 3.63) is 35.5 Å². The van der Waals surface area contributed by atoms with Crippen molar-refractivity contribution in [3.63, 3.8) is 0 Å². The predicted molar refractivity (Wildman–Crippen MR) is 56.0 cm³/mol. The Kier molecular flexibility index (Phi) is 2.63. The van der Waals surface area contributed by atoms with Gasteiger partial charge >= 0.3 is 0 Å². The first-order valence-electron chi connectivity index (χ1n) is 4.69. The Balaban J connectivity index is 2.22. The summed E-state index contributed by atoms with van der Waals surface area (Å²) in [6.07, 6.45) is 2.97. The fourth-order valence-electron chi connectivity index (χ4n) is 1.37. The first-order valence-corrected chi connectivity index (χ1v) is 4.69. The fraction of sp³-hybridized carbons (Fsp3) is 0.200. The third-order valence-corrected chi connectivity index (χ3v) is 2.10. The van der Waals surface area contributed by atoms with E-state index in [1.807, 2.05) is 0 Å². The van der Waals surface area contributed by atoms with Gasteiger partial charge in [-0.05, 0) is 19.9 Å². The highest BCUT2D eigenvalue weighted by molar-refractivity contribution is 6.05. The summed E-state index contributed by atoms with van der Waals surface area (Å²) in [6, 6.07) is 1.66. The lowest BCUT2D eigenvalue weighted by molar-refractivity contribution is 0.102. The molecule has 0 saturated carbocycles. The number of hydrogen-bond acceptors (Lipinski definition) is 5. The molecule has 0 aliphatic rings. The molecule has 0 radical (unpaired) electrons. The van der Waals surface area contributed by atoms with Crippen LogP contribution in [0.5, 0.6) is 0 Å². The van der Waals surface area contributed by atoms with Crippen LogP contribution < -0.4 is 5.32 Å². The van der Waals surface area contributed by atoms with E-state index >= 15 is 0 Å². The number of carbonyl (C=O) groups is 1. The predicted octanol–water partition coefficient (Wildman–Crippen LogP) is 1.33. The summed E-state index contributed by atoms with van der Waals surface area (Å²) in [5, 5.41) is 13.7. The number of hydrogen-bond donors (Lipinski definition) is 1. The molecule has 2 aromatic heterocycles. The van der Waals surface area contributed by atoms with Crippen LogP contribution >= 0.6 is 0 Å². The van der Waals surface area contributed by atoms with E-state index in [4.69, 9.17) is 4.52 Å². The molecular formula is C10H10N4O2. The monoisotopic (exact) mass is 218 g/mol. The Bertz CT molecular complexity index is 487. The van der Waals surface area contributed by atoms with Gasteiger partial charge in [0.05, 0.1) is 23.8 Å². The first kappa shape index (κ1) is 10.3. The molecule has 2 aromatic rings. The standard InChI is InChI=1S/C10H10N4O2/c1-6-9(7(2)16-14-6)10(15)13-8-3-4-11-12-5-8/h3-5H,1-2H3,(H,11,13,15). The van der Waals surface area contributed by atoms with Crippen molar-refractivity contribution in [2.24, 2.45) is 0 Å². The van der Waals surface area contributed by atoms with Crippen molar-refractivity contribution in [3.8, 4) is 0 Å². The number of rotatable bonds is 2. The molecule has 0 aliphatic heterocycles.